The number of hydrogen-bond acceptors (Lipinski definition) is 6. The summed E-state index contributed by atoms with van der Waals surface area (Å²) in [5.74, 6) is 1.52. The number of carbonyl (C=O) groups excluding carboxylic acids is 1. The lowest BCUT2D eigenvalue weighted by Crippen LogP contribution is -2.31. The summed E-state index contributed by atoms with van der Waals surface area (Å²) >= 11 is 3.27. The van der Waals surface area contributed by atoms with Crippen molar-refractivity contribution >= 4 is 40.6 Å². The van der Waals surface area contributed by atoms with E-state index in [0.717, 1.165) is 45.6 Å². The molecule has 1 amide bonds. The number of nitrogens with zero attached hydrogens (tertiary/aromatic N) is 3. The number of hydrogen-bond donors (Lipinski definition) is 2. The first-order valence-electron chi connectivity index (χ1n) is 10.1. The molecule has 0 bridgehead atoms. The summed E-state index contributed by atoms with van der Waals surface area (Å²) in [5.41, 5.74) is 3.37. The standard InChI is InChI=1S/C22H25N5OS2/c1-4-5-12-30-22-25-21-23-15(3)18(19(27(21)26-22)17-7-6-13-29-17)20(28)24-16-10-8-14(2)9-11-16/h6-11,13,19H,4-5,12H2,1-3H3,(H,24,28)(H,23,25,26). The van der Waals surface area contributed by atoms with Crippen molar-refractivity contribution in [1.82, 2.24) is 14.8 Å². The Morgan fingerprint density at radius 3 is 2.77 bits per heavy atom. The van der Waals surface area contributed by atoms with E-state index in [1.54, 1.807) is 23.1 Å². The van der Waals surface area contributed by atoms with Crippen LogP contribution >= 0.6 is 23.1 Å². The second-order valence-electron chi connectivity index (χ2n) is 7.27. The molecule has 8 heteroatoms. The highest BCUT2D eigenvalue weighted by molar-refractivity contribution is 7.99. The Morgan fingerprint density at radius 1 is 1.27 bits per heavy atom. The minimum Gasteiger partial charge on any atom is -0.328 e. The molecule has 6 nitrogen and oxygen atoms in total. The fraction of sp³-hybridized carbons (Fsp3) is 0.318. The number of amides is 1. The molecule has 156 valence electrons. The number of fused-ring (bicyclic) bond motifs is 1. The van der Waals surface area contributed by atoms with E-state index in [-0.39, 0.29) is 11.9 Å². The van der Waals surface area contributed by atoms with Crippen molar-refractivity contribution in [2.24, 2.45) is 0 Å². The van der Waals surface area contributed by atoms with Crippen LogP contribution in [0.1, 0.15) is 43.2 Å². The zero-order chi connectivity index (χ0) is 21.1. The van der Waals surface area contributed by atoms with Crippen molar-refractivity contribution in [3.8, 4) is 0 Å². The van der Waals surface area contributed by atoms with Crippen LogP contribution in [0.5, 0.6) is 0 Å². The van der Waals surface area contributed by atoms with E-state index >= 15 is 0 Å². The molecule has 1 aromatic carbocycles. The predicted octanol–water partition coefficient (Wildman–Crippen LogP) is 5.47. The molecule has 2 N–H and O–H groups in total. The van der Waals surface area contributed by atoms with Gasteiger partial charge in [-0.15, -0.1) is 16.4 Å². The van der Waals surface area contributed by atoms with Crippen LogP contribution in [0, 0.1) is 6.92 Å². The molecule has 0 spiro atoms. The fourth-order valence-corrected chi connectivity index (χ4v) is 5.07. The van der Waals surface area contributed by atoms with Gasteiger partial charge in [0.1, 0.15) is 6.04 Å². The maximum atomic E-state index is 13.3. The fourth-order valence-electron chi connectivity index (χ4n) is 3.34. The van der Waals surface area contributed by atoms with Crippen molar-refractivity contribution in [2.75, 3.05) is 16.4 Å². The molecule has 1 unspecified atom stereocenters. The number of rotatable bonds is 7. The molecule has 0 saturated carbocycles. The van der Waals surface area contributed by atoms with E-state index in [0.29, 0.717) is 11.5 Å². The van der Waals surface area contributed by atoms with Gasteiger partial charge in [0.05, 0.1) is 5.57 Å². The van der Waals surface area contributed by atoms with Crippen molar-refractivity contribution in [3.63, 3.8) is 0 Å². The molecule has 0 fully saturated rings. The maximum absolute atomic E-state index is 13.3. The summed E-state index contributed by atoms with van der Waals surface area (Å²) in [4.78, 5) is 19.0. The quantitative estimate of drug-likeness (QED) is 0.377. The predicted molar refractivity (Wildman–Crippen MR) is 124 cm³/mol. The van der Waals surface area contributed by atoms with Crippen molar-refractivity contribution in [3.05, 3.63) is 63.5 Å². The third kappa shape index (κ3) is 4.29. The largest absolute Gasteiger partial charge is 0.328 e. The van der Waals surface area contributed by atoms with Crippen LogP contribution in [0.4, 0.5) is 11.6 Å². The molecule has 1 aliphatic heterocycles. The summed E-state index contributed by atoms with van der Waals surface area (Å²) in [6, 6.07) is 11.6. The first kappa shape index (κ1) is 20.7. The molecule has 3 aromatic rings. The maximum Gasteiger partial charge on any atom is 0.255 e. The summed E-state index contributed by atoms with van der Waals surface area (Å²) in [5, 5.41) is 13.8. The average Bonchev–Trinajstić information content (AvgIpc) is 3.38. The molecule has 4 rings (SSSR count). The summed E-state index contributed by atoms with van der Waals surface area (Å²) in [6.07, 6.45) is 2.26. The van der Waals surface area contributed by atoms with Gasteiger partial charge in [0.2, 0.25) is 11.1 Å². The number of nitrogens with one attached hydrogen (secondary N) is 2. The van der Waals surface area contributed by atoms with Crippen LogP contribution in [0.3, 0.4) is 0 Å². The monoisotopic (exact) mass is 439 g/mol. The Labute approximate surface area is 184 Å². The smallest absolute Gasteiger partial charge is 0.255 e. The second kappa shape index (κ2) is 9.06. The lowest BCUT2D eigenvalue weighted by Gasteiger charge is -2.27. The molecular formula is C22H25N5OS2. The minimum atomic E-state index is -0.306. The first-order valence-corrected chi connectivity index (χ1v) is 11.9. The van der Waals surface area contributed by atoms with E-state index in [2.05, 4.69) is 22.5 Å². The Morgan fingerprint density at radius 2 is 2.07 bits per heavy atom. The number of allylic oxidation sites excluding steroid dienone is 1. The summed E-state index contributed by atoms with van der Waals surface area (Å²) in [7, 11) is 0. The number of aromatic nitrogens is 3. The number of thiophene rings is 1. The highest BCUT2D eigenvalue weighted by Crippen LogP contribution is 2.38. The van der Waals surface area contributed by atoms with Crippen LogP contribution < -0.4 is 10.6 Å². The van der Waals surface area contributed by atoms with E-state index in [1.807, 2.05) is 60.3 Å². The third-order valence-corrected chi connectivity index (χ3v) is 6.78. The van der Waals surface area contributed by atoms with Gasteiger partial charge in [-0.25, -0.2) is 4.68 Å². The van der Waals surface area contributed by atoms with Crippen LogP contribution in [0.25, 0.3) is 0 Å². The Hall–Kier alpha value is -2.58. The lowest BCUT2D eigenvalue weighted by atomic mass is 10.0. The van der Waals surface area contributed by atoms with Gasteiger partial charge >= 0.3 is 0 Å². The van der Waals surface area contributed by atoms with Crippen LogP contribution in [0.15, 0.2) is 58.2 Å². The van der Waals surface area contributed by atoms with Gasteiger partial charge in [-0.05, 0) is 43.8 Å². The first-order chi connectivity index (χ1) is 14.6. The van der Waals surface area contributed by atoms with E-state index in [9.17, 15) is 4.79 Å². The van der Waals surface area contributed by atoms with Gasteiger partial charge in [-0.3, -0.25) is 4.79 Å². The lowest BCUT2D eigenvalue weighted by molar-refractivity contribution is -0.113. The van der Waals surface area contributed by atoms with Gasteiger partial charge in [0.15, 0.2) is 0 Å². The Bertz CT molecular complexity index is 1050. The zero-order valence-corrected chi connectivity index (χ0v) is 18.9. The molecular weight excluding hydrogens is 414 g/mol. The van der Waals surface area contributed by atoms with Gasteiger partial charge in [-0.2, -0.15) is 4.98 Å². The normalized spacial score (nSPS) is 15.6. The molecule has 0 aliphatic carbocycles. The third-order valence-electron chi connectivity index (χ3n) is 4.93. The van der Waals surface area contributed by atoms with Crippen molar-refractivity contribution in [1.29, 1.82) is 0 Å². The van der Waals surface area contributed by atoms with E-state index in [1.165, 1.54) is 0 Å². The van der Waals surface area contributed by atoms with Gasteiger partial charge < -0.3 is 10.6 Å². The topological polar surface area (TPSA) is 71.8 Å². The van der Waals surface area contributed by atoms with Crippen LogP contribution in [-0.4, -0.2) is 26.4 Å². The zero-order valence-electron chi connectivity index (χ0n) is 17.3. The molecule has 3 heterocycles. The minimum absolute atomic E-state index is 0.136. The second-order valence-corrected chi connectivity index (χ2v) is 9.31. The molecule has 1 aliphatic rings. The number of anilines is 2. The van der Waals surface area contributed by atoms with Gasteiger partial charge in [-0.1, -0.05) is 48.9 Å². The number of carbonyl (C=O) groups is 1. The molecule has 2 aromatic heterocycles. The molecule has 30 heavy (non-hydrogen) atoms. The number of benzene rings is 1. The summed E-state index contributed by atoms with van der Waals surface area (Å²) in [6.45, 7) is 6.12. The SMILES string of the molecule is CCCCSc1nc2n(n1)C(c1cccs1)C(C(=O)Nc1ccc(C)cc1)=C(C)N2. The highest BCUT2D eigenvalue weighted by Gasteiger charge is 2.35. The van der Waals surface area contributed by atoms with Gasteiger partial charge in [0, 0.05) is 22.0 Å². The van der Waals surface area contributed by atoms with Gasteiger partial charge in [0.25, 0.3) is 5.91 Å². The molecule has 1 atom stereocenters. The Balaban J connectivity index is 1.67. The molecule has 0 radical (unpaired) electrons. The average molecular weight is 440 g/mol. The number of unbranched alkanes of at least 4 members (excludes halogenated alkanes) is 1. The van der Waals surface area contributed by atoms with Crippen molar-refractivity contribution in [2.45, 2.75) is 44.8 Å². The van der Waals surface area contributed by atoms with Crippen molar-refractivity contribution < 1.29 is 4.79 Å². The van der Waals surface area contributed by atoms with E-state index in [4.69, 9.17) is 5.10 Å². The Kier molecular flexibility index (Phi) is 6.24. The summed E-state index contributed by atoms with van der Waals surface area (Å²) < 4.78 is 1.84. The number of aryl methyl sites for hydroxylation is 1. The number of thioether (sulfide) groups is 1. The highest BCUT2D eigenvalue weighted by atomic mass is 32.2. The van der Waals surface area contributed by atoms with Crippen LogP contribution in [-0.2, 0) is 4.79 Å². The molecule has 0 saturated heterocycles. The van der Waals surface area contributed by atoms with Crippen LogP contribution in [0.2, 0.25) is 0 Å². The van der Waals surface area contributed by atoms with E-state index < -0.39 is 0 Å².